The van der Waals surface area contributed by atoms with E-state index in [2.05, 4.69) is 22.9 Å². The molecule has 1 aromatic rings. The fourth-order valence-corrected chi connectivity index (χ4v) is 2.83. The lowest BCUT2D eigenvalue weighted by molar-refractivity contribution is -0.131. The van der Waals surface area contributed by atoms with E-state index in [1.807, 2.05) is 29.2 Å². The van der Waals surface area contributed by atoms with Crippen LogP contribution in [0.2, 0.25) is 0 Å². The van der Waals surface area contributed by atoms with Crippen molar-refractivity contribution in [3.63, 3.8) is 0 Å². The van der Waals surface area contributed by atoms with Crippen LogP contribution in [0.1, 0.15) is 25.3 Å². The maximum absolute atomic E-state index is 12.2. The zero-order chi connectivity index (χ0) is 13.8. The van der Waals surface area contributed by atoms with E-state index in [0.717, 1.165) is 36.0 Å². The van der Waals surface area contributed by atoms with E-state index in [4.69, 9.17) is 5.73 Å². The van der Waals surface area contributed by atoms with E-state index in [0.29, 0.717) is 12.3 Å². The van der Waals surface area contributed by atoms with Gasteiger partial charge < -0.3 is 10.6 Å². The number of benzene rings is 1. The second-order valence-electron chi connectivity index (χ2n) is 5.38. The predicted molar refractivity (Wildman–Crippen MR) is 80.8 cm³/mol. The molecule has 1 heterocycles. The standard InChI is InChI=1S/C15H21BrN2O/c1-11(17)13-6-8-18(9-7-13)15(19)10-12-2-4-14(16)5-3-12/h2-5,11,13H,6-10,17H2,1H3. The van der Waals surface area contributed by atoms with Crippen LogP contribution in [-0.4, -0.2) is 29.9 Å². The van der Waals surface area contributed by atoms with Gasteiger partial charge in [-0.25, -0.2) is 0 Å². The highest BCUT2D eigenvalue weighted by Crippen LogP contribution is 2.20. The van der Waals surface area contributed by atoms with E-state index in [9.17, 15) is 4.79 Å². The number of nitrogens with zero attached hydrogens (tertiary/aromatic N) is 1. The number of hydrogen-bond acceptors (Lipinski definition) is 2. The molecule has 1 saturated heterocycles. The first kappa shape index (κ1) is 14.5. The molecule has 0 aromatic heterocycles. The van der Waals surface area contributed by atoms with Crippen LogP contribution in [0.3, 0.4) is 0 Å². The van der Waals surface area contributed by atoms with Crippen LogP contribution >= 0.6 is 15.9 Å². The van der Waals surface area contributed by atoms with Crippen LogP contribution in [0.15, 0.2) is 28.7 Å². The monoisotopic (exact) mass is 324 g/mol. The first-order valence-corrected chi connectivity index (χ1v) is 7.63. The predicted octanol–water partition coefficient (Wildman–Crippen LogP) is 2.58. The van der Waals surface area contributed by atoms with Crippen molar-refractivity contribution in [1.29, 1.82) is 0 Å². The molecule has 0 saturated carbocycles. The summed E-state index contributed by atoms with van der Waals surface area (Å²) in [5, 5.41) is 0. The highest BCUT2D eigenvalue weighted by atomic mass is 79.9. The van der Waals surface area contributed by atoms with Crippen molar-refractivity contribution < 1.29 is 4.79 Å². The SMILES string of the molecule is CC(N)C1CCN(C(=O)Cc2ccc(Br)cc2)CC1. The van der Waals surface area contributed by atoms with Gasteiger partial charge in [-0.1, -0.05) is 28.1 Å². The Kier molecular flexibility index (Phi) is 4.99. The molecular weight excluding hydrogens is 304 g/mol. The van der Waals surface area contributed by atoms with Gasteiger partial charge in [0.15, 0.2) is 0 Å². The number of amides is 1. The lowest BCUT2D eigenvalue weighted by atomic mass is 9.91. The largest absolute Gasteiger partial charge is 0.342 e. The van der Waals surface area contributed by atoms with Crippen molar-refractivity contribution in [2.75, 3.05) is 13.1 Å². The highest BCUT2D eigenvalue weighted by Gasteiger charge is 2.24. The minimum absolute atomic E-state index is 0.227. The first-order valence-electron chi connectivity index (χ1n) is 6.84. The third-order valence-electron chi connectivity index (χ3n) is 3.90. The second-order valence-corrected chi connectivity index (χ2v) is 6.30. The minimum Gasteiger partial charge on any atom is -0.342 e. The topological polar surface area (TPSA) is 46.3 Å². The summed E-state index contributed by atoms with van der Waals surface area (Å²) in [6.45, 7) is 3.76. The third kappa shape index (κ3) is 4.05. The maximum Gasteiger partial charge on any atom is 0.226 e. The van der Waals surface area contributed by atoms with Crippen molar-refractivity contribution in [2.24, 2.45) is 11.7 Å². The van der Waals surface area contributed by atoms with E-state index >= 15 is 0 Å². The Balaban J connectivity index is 1.86. The van der Waals surface area contributed by atoms with Crippen molar-refractivity contribution in [1.82, 2.24) is 4.90 Å². The summed E-state index contributed by atoms with van der Waals surface area (Å²) < 4.78 is 1.04. The van der Waals surface area contributed by atoms with Gasteiger partial charge in [0.25, 0.3) is 0 Å². The Morgan fingerprint density at radius 1 is 1.37 bits per heavy atom. The second kappa shape index (κ2) is 6.53. The molecule has 1 aliphatic rings. The summed E-state index contributed by atoms with van der Waals surface area (Å²) in [7, 11) is 0. The van der Waals surface area contributed by atoms with Crippen LogP contribution in [0.25, 0.3) is 0 Å². The van der Waals surface area contributed by atoms with E-state index in [1.54, 1.807) is 0 Å². The summed E-state index contributed by atoms with van der Waals surface area (Å²) in [5.74, 6) is 0.794. The van der Waals surface area contributed by atoms with Gasteiger partial charge in [0, 0.05) is 23.6 Å². The van der Waals surface area contributed by atoms with Gasteiger partial charge in [-0.05, 0) is 43.4 Å². The number of halogens is 1. The number of hydrogen-bond donors (Lipinski definition) is 1. The first-order chi connectivity index (χ1) is 9.06. The number of carbonyl (C=O) groups excluding carboxylic acids is 1. The number of likely N-dealkylation sites (tertiary alicyclic amines) is 1. The van der Waals surface area contributed by atoms with E-state index < -0.39 is 0 Å². The quantitative estimate of drug-likeness (QED) is 0.928. The van der Waals surface area contributed by atoms with Gasteiger partial charge in [-0.3, -0.25) is 4.79 Å². The molecule has 1 aromatic carbocycles. The van der Waals surface area contributed by atoms with Gasteiger partial charge in [0.05, 0.1) is 6.42 Å². The van der Waals surface area contributed by atoms with Gasteiger partial charge in [0.1, 0.15) is 0 Å². The summed E-state index contributed by atoms with van der Waals surface area (Å²) in [4.78, 5) is 14.2. The van der Waals surface area contributed by atoms with Crippen molar-refractivity contribution in [3.8, 4) is 0 Å². The molecule has 1 fully saturated rings. The number of nitrogens with two attached hydrogens (primary N) is 1. The molecule has 1 aliphatic heterocycles. The highest BCUT2D eigenvalue weighted by molar-refractivity contribution is 9.10. The Morgan fingerprint density at radius 3 is 2.47 bits per heavy atom. The van der Waals surface area contributed by atoms with E-state index in [-0.39, 0.29) is 11.9 Å². The molecule has 0 aliphatic carbocycles. The van der Waals surface area contributed by atoms with Gasteiger partial charge in [0.2, 0.25) is 5.91 Å². The molecule has 4 heteroatoms. The average Bonchev–Trinajstić information content (AvgIpc) is 2.41. The molecule has 1 amide bonds. The zero-order valence-corrected chi connectivity index (χ0v) is 12.9. The number of rotatable bonds is 3. The molecule has 2 N–H and O–H groups in total. The molecule has 0 spiro atoms. The normalized spacial score (nSPS) is 18.4. The maximum atomic E-state index is 12.2. The summed E-state index contributed by atoms with van der Waals surface area (Å²) in [6.07, 6.45) is 2.56. The smallest absolute Gasteiger partial charge is 0.226 e. The number of carbonyl (C=O) groups is 1. The third-order valence-corrected chi connectivity index (χ3v) is 4.43. The average molecular weight is 325 g/mol. The molecule has 1 atom stereocenters. The summed E-state index contributed by atoms with van der Waals surface area (Å²) in [5.41, 5.74) is 6.99. The Hall–Kier alpha value is -0.870. The number of piperidine rings is 1. The van der Waals surface area contributed by atoms with Crippen LogP contribution in [0, 0.1) is 5.92 Å². The summed E-state index contributed by atoms with van der Waals surface area (Å²) in [6, 6.07) is 8.19. The van der Waals surface area contributed by atoms with Gasteiger partial charge in [-0.2, -0.15) is 0 Å². The molecule has 19 heavy (non-hydrogen) atoms. The van der Waals surface area contributed by atoms with Crippen LogP contribution in [0.4, 0.5) is 0 Å². The molecule has 104 valence electrons. The Bertz CT molecular complexity index is 422. The molecule has 0 radical (unpaired) electrons. The van der Waals surface area contributed by atoms with Gasteiger partial charge in [-0.15, -0.1) is 0 Å². The lowest BCUT2D eigenvalue weighted by Crippen LogP contribution is -2.43. The molecule has 2 rings (SSSR count). The van der Waals surface area contributed by atoms with Crippen molar-refractivity contribution in [3.05, 3.63) is 34.3 Å². The fraction of sp³-hybridized carbons (Fsp3) is 0.533. The van der Waals surface area contributed by atoms with Gasteiger partial charge >= 0.3 is 0 Å². The lowest BCUT2D eigenvalue weighted by Gasteiger charge is -2.33. The summed E-state index contributed by atoms with van der Waals surface area (Å²) >= 11 is 3.40. The molecule has 1 unspecified atom stereocenters. The van der Waals surface area contributed by atoms with Crippen LogP contribution < -0.4 is 5.73 Å². The molecule has 0 bridgehead atoms. The minimum atomic E-state index is 0.227. The van der Waals surface area contributed by atoms with Crippen LogP contribution in [-0.2, 0) is 11.2 Å². The Labute approximate surface area is 123 Å². The zero-order valence-electron chi connectivity index (χ0n) is 11.3. The van der Waals surface area contributed by atoms with E-state index in [1.165, 1.54) is 0 Å². The fourth-order valence-electron chi connectivity index (χ4n) is 2.56. The molecule has 3 nitrogen and oxygen atoms in total. The van der Waals surface area contributed by atoms with Crippen molar-refractivity contribution in [2.45, 2.75) is 32.2 Å². The molecular formula is C15H21BrN2O. The Morgan fingerprint density at radius 2 is 1.95 bits per heavy atom. The van der Waals surface area contributed by atoms with Crippen LogP contribution in [0.5, 0.6) is 0 Å². The van der Waals surface area contributed by atoms with Crippen molar-refractivity contribution >= 4 is 21.8 Å².